The summed E-state index contributed by atoms with van der Waals surface area (Å²) in [6.45, 7) is 7.19. The highest BCUT2D eigenvalue weighted by Gasteiger charge is 2.34. The molecular weight excluding hydrogens is 480 g/mol. The van der Waals surface area contributed by atoms with E-state index in [1.807, 2.05) is 12.1 Å². The van der Waals surface area contributed by atoms with Crippen LogP contribution in [-0.2, 0) is 0 Å². The van der Waals surface area contributed by atoms with Gasteiger partial charge in [-0.25, -0.2) is 0 Å². The molecule has 0 saturated carbocycles. The van der Waals surface area contributed by atoms with Crippen LogP contribution in [0.15, 0.2) is 36.4 Å². The van der Waals surface area contributed by atoms with Crippen LogP contribution in [0, 0.1) is 11.8 Å². The molecule has 2 fully saturated rings. The van der Waals surface area contributed by atoms with E-state index >= 15 is 0 Å². The summed E-state index contributed by atoms with van der Waals surface area (Å²) in [6, 6.07) is 10.9. The standard InChI is InChI=1S/C30H40N4O4/c35-19-21-5-3-13-33(17-21)15-11-31-25-9-10-26(32-12-16-34-14-4-6-22(18-34)20-36)28-27(25)29(37)23-7-1-2-8-24(23)30(28)38/h1-2,7-10,21-22,31-32,35-36H,3-6,11-20H2. The molecule has 38 heavy (non-hydrogen) atoms. The molecule has 204 valence electrons. The van der Waals surface area contributed by atoms with Crippen LogP contribution in [0.4, 0.5) is 11.4 Å². The van der Waals surface area contributed by atoms with E-state index in [9.17, 15) is 19.8 Å². The Bertz CT molecular complexity index is 1070. The van der Waals surface area contributed by atoms with E-state index in [2.05, 4.69) is 20.4 Å². The second-order valence-electron chi connectivity index (χ2n) is 11.0. The van der Waals surface area contributed by atoms with Crippen molar-refractivity contribution in [2.45, 2.75) is 25.7 Å². The summed E-state index contributed by atoms with van der Waals surface area (Å²) in [5, 5.41) is 26.0. The van der Waals surface area contributed by atoms with Crippen LogP contribution in [0.1, 0.15) is 57.5 Å². The molecule has 5 rings (SSSR count). The maximum atomic E-state index is 13.7. The summed E-state index contributed by atoms with van der Waals surface area (Å²) >= 11 is 0. The molecule has 2 aromatic rings. The minimum Gasteiger partial charge on any atom is -0.396 e. The van der Waals surface area contributed by atoms with Gasteiger partial charge >= 0.3 is 0 Å². The maximum Gasteiger partial charge on any atom is 0.196 e. The second-order valence-corrected chi connectivity index (χ2v) is 11.0. The molecule has 2 aromatic carbocycles. The van der Waals surface area contributed by atoms with E-state index in [1.165, 1.54) is 0 Å². The molecule has 2 atom stereocenters. The van der Waals surface area contributed by atoms with Gasteiger partial charge in [-0.2, -0.15) is 0 Å². The van der Waals surface area contributed by atoms with Crippen molar-refractivity contribution < 1.29 is 19.8 Å². The number of aliphatic hydroxyl groups excluding tert-OH is 2. The Morgan fingerprint density at radius 3 is 1.58 bits per heavy atom. The van der Waals surface area contributed by atoms with E-state index in [1.54, 1.807) is 24.3 Å². The smallest absolute Gasteiger partial charge is 0.196 e. The summed E-state index contributed by atoms with van der Waals surface area (Å²) in [6.07, 6.45) is 4.31. The van der Waals surface area contributed by atoms with Crippen molar-refractivity contribution in [1.29, 1.82) is 0 Å². The number of hydrogen-bond donors (Lipinski definition) is 4. The molecule has 2 saturated heterocycles. The number of benzene rings is 2. The Kier molecular flexibility index (Phi) is 8.74. The first-order valence-corrected chi connectivity index (χ1v) is 14.1. The average molecular weight is 521 g/mol. The molecule has 2 unspecified atom stereocenters. The first-order valence-electron chi connectivity index (χ1n) is 14.1. The lowest BCUT2D eigenvalue weighted by atomic mass is 9.82. The first-order chi connectivity index (χ1) is 18.6. The molecule has 8 heteroatoms. The summed E-state index contributed by atoms with van der Waals surface area (Å²) in [4.78, 5) is 32.0. The van der Waals surface area contributed by atoms with Gasteiger partial charge in [0.1, 0.15) is 0 Å². The van der Waals surface area contributed by atoms with Crippen LogP contribution in [0.5, 0.6) is 0 Å². The number of carbonyl (C=O) groups excluding carboxylic acids is 2. The molecule has 0 aromatic heterocycles. The lowest BCUT2D eigenvalue weighted by molar-refractivity contribution is 0.0980. The van der Waals surface area contributed by atoms with Crippen molar-refractivity contribution in [3.8, 4) is 0 Å². The summed E-state index contributed by atoms with van der Waals surface area (Å²) in [5.41, 5.74) is 3.19. The summed E-state index contributed by atoms with van der Waals surface area (Å²) in [5.74, 6) is 0.414. The normalized spacial score (nSPS) is 22.2. The maximum absolute atomic E-state index is 13.7. The Balaban J connectivity index is 1.33. The third kappa shape index (κ3) is 5.78. The van der Waals surface area contributed by atoms with Crippen LogP contribution < -0.4 is 10.6 Å². The number of fused-ring (bicyclic) bond motifs is 2. The van der Waals surface area contributed by atoms with Crippen LogP contribution >= 0.6 is 0 Å². The summed E-state index contributed by atoms with van der Waals surface area (Å²) in [7, 11) is 0. The number of nitrogens with one attached hydrogen (secondary N) is 2. The minimum atomic E-state index is -0.124. The Morgan fingerprint density at radius 1 is 0.711 bits per heavy atom. The van der Waals surface area contributed by atoms with Gasteiger partial charge in [-0.3, -0.25) is 9.59 Å². The van der Waals surface area contributed by atoms with E-state index in [0.717, 1.165) is 65.0 Å². The number of likely N-dealkylation sites (tertiary alicyclic amines) is 2. The van der Waals surface area contributed by atoms with E-state index in [4.69, 9.17) is 0 Å². The van der Waals surface area contributed by atoms with Crippen molar-refractivity contribution >= 4 is 22.9 Å². The topological polar surface area (TPSA) is 105 Å². The summed E-state index contributed by atoms with van der Waals surface area (Å²) < 4.78 is 0. The molecule has 0 radical (unpaired) electrons. The number of ketones is 2. The Hall–Kier alpha value is -2.78. The van der Waals surface area contributed by atoms with Crippen molar-refractivity contribution in [2.75, 3.05) is 76.2 Å². The molecule has 3 aliphatic rings. The molecule has 0 amide bonds. The van der Waals surface area contributed by atoms with Gasteiger partial charge in [0.15, 0.2) is 11.6 Å². The highest BCUT2D eigenvalue weighted by Crippen LogP contribution is 2.36. The molecule has 0 bridgehead atoms. The molecule has 0 spiro atoms. The Morgan fingerprint density at radius 2 is 1.16 bits per heavy atom. The molecule has 2 aliphatic heterocycles. The molecular formula is C30H40N4O4. The quantitative estimate of drug-likeness (QED) is 0.324. The number of hydrogen-bond acceptors (Lipinski definition) is 8. The van der Waals surface area contributed by atoms with Crippen molar-refractivity contribution in [3.05, 3.63) is 58.7 Å². The third-order valence-electron chi connectivity index (χ3n) is 8.29. The average Bonchev–Trinajstić information content (AvgIpc) is 2.96. The van der Waals surface area contributed by atoms with Gasteiger partial charge in [0.2, 0.25) is 0 Å². The number of anilines is 2. The third-order valence-corrected chi connectivity index (χ3v) is 8.29. The SMILES string of the molecule is O=C1c2ccccc2C(=O)c2c(NCCN3CCCC(CO)C3)ccc(NCCN3CCCC(CO)C3)c21. The predicted octanol–water partition coefficient (Wildman–Crippen LogP) is 2.69. The lowest BCUT2D eigenvalue weighted by Gasteiger charge is -2.32. The second kappa shape index (κ2) is 12.4. The molecule has 2 heterocycles. The fourth-order valence-electron chi connectivity index (χ4n) is 6.22. The highest BCUT2D eigenvalue weighted by molar-refractivity contribution is 6.31. The van der Waals surface area contributed by atoms with E-state index < -0.39 is 0 Å². The fraction of sp³-hybridized carbons (Fsp3) is 0.533. The Labute approximate surface area is 225 Å². The lowest BCUT2D eigenvalue weighted by Crippen LogP contribution is -2.39. The number of carbonyl (C=O) groups is 2. The van der Waals surface area contributed by atoms with Crippen molar-refractivity contribution in [3.63, 3.8) is 0 Å². The largest absolute Gasteiger partial charge is 0.396 e. The molecule has 8 nitrogen and oxygen atoms in total. The predicted molar refractivity (Wildman–Crippen MR) is 149 cm³/mol. The van der Waals surface area contributed by atoms with Crippen molar-refractivity contribution in [1.82, 2.24) is 9.80 Å². The van der Waals surface area contributed by atoms with E-state index in [0.29, 0.717) is 58.6 Å². The van der Waals surface area contributed by atoms with Gasteiger partial charge in [-0.1, -0.05) is 24.3 Å². The van der Waals surface area contributed by atoms with Crippen LogP contribution in [0.3, 0.4) is 0 Å². The van der Waals surface area contributed by atoms with Gasteiger partial charge in [0.05, 0.1) is 11.1 Å². The first kappa shape index (κ1) is 26.8. The number of rotatable bonds is 10. The number of nitrogens with zero attached hydrogens (tertiary/aromatic N) is 2. The van der Waals surface area contributed by atoms with Crippen LogP contribution in [0.25, 0.3) is 0 Å². The van der Waals surface area contributed by atoms with Crippen LogP contribution in [0.2, 0.25) is 0 Å². The number of piperidine rings is 2. The number of aliphatic hydroxyl groups is 2. The van der Waals surface area contributed by atoms with Crippen molar-refractivity contribution in [2.24, 2.45) is 11.8 Å². The highest BCUT2D eigenvalue weighted by atomic mass is 16.3. The monoisotopic (exact) mass is 520 g/mol. The zero-order chi connectivity index (χ0) is 26.5. The fourth-order valence-corrected chi connectivity index (χ4v) is 6.22. The van der Waals surface area contributed by atoms with E-state index in [-0.39, 0.29) is 24.8 Å². The molecule has 4 N–H and O–H groups in total. The minimum absolute atomic E-state index is 0.124. The van der Waals surface area contributed by atoms with Gasteiger partial charge in [0.25, 0.3) is 0 Å². The van der Waals surface area contributed by atoms with Crippen LogP contribution in [-0.4, -0.2) is 97.2 Å². The van der Waals surface area contributed by atoms with Gasteiger partial charge in [-0.05, 0) is 62.7 Å². The molecule has 1 aliphatic carbocycles. The van der Waals surface area contributed by atoms with Gasteiger partial charge < -0.3 is 30.6 Å². The zero-order valence-corrected chi connectivity index (χ0v) is 22.1. The van der Waals surface area contributed by atoms with Gasteiger partial charge in [-0.15, -0.1) is 0 Å². The van der Waals surface area contributed by atoms with Gasteiger partial charge in [0, 0.05) is 75.0 Å². The zero-order valence-electron chi connectivity index (χ0n) is 22.1.